The Kier molecular flexibility index (Phi) is 5.62. The number of benzene rings is 2. The van der Waals surface area contributed by atoms with Crippen LogP contribution in [0.4, 0.5) is 0 Å². The highest BCUT2D eigenvalue weighted by molar-refractivity contribution is 6.04. The van der Waals surface area contributed by atoms with Crippen LogP contribution in [-0.2, 0) is 4.79 Å². The van der Waals surface area contributed by atoms with E-state index in [0.29, 0.717) is 0 Å². The Labute approximate surface area is 155 Å². The van der Waals surface area contributed by atoms with Gasteiger partial charge < -0.3 is 4.74 Å². The van der Waals surface area contributed by atoms with Gasteiger partial charge >= 0.3 is 0 Å². The van der Waals surface area contributed by atoms with Gasteiger partial charge in [-0.25, -0.2) is 5.43 Å². The third kappa shape index (κ3) is 3.91. The molecule has 3 rings (SSSR count). The van der Waals surface area contributed by atoms with Crippen LogP contribution in [0.25, 0.3) is 16.8 Å². The lowest BCUT2D eigenvalue weighted by Crippen LogP contribution is -2.38. The van der Waals surface area contributed by atoms with E-state index in [1.165, 1.54) is 19.3 Å². The average molecular weight is 352 g/mol. The largest absolute Gasteiger partial charge is 0.493 e. The highest BCUT2D eigenvalue weighted by atomic mass is 16.5. The molecule has 1 heterocycles. The topological polar surface area (TPSA) is 50.4 Å². The minimum atomic E-state index is -0.396. The van der Waals surface area contributed by atoms with Gasteiger partial charge in [0.2, 0.25) is 0 Å². The fraction of sp³-hybridized carbons (Fsp3) is 0.409. The van der Waals surface area contributed by atoms with Crippen molar-refractivity contribution < 1.29 is 9.53 Å². The number of hydrazine groups is 1. The van der Waals surface area contributed by atoms with Gasteiger partial charge in [0.05, 0.1) is 12.1 Å². The van der Waals surface area contributed by atoms with Crippen LogP contribution in [0.2, 0.25) is 0 Å². The van der Waals surface area contributed by atoms with E-state index in [1.54, 1.807) is 0 Å². The number of rotatable bonds is 7. The zero-order valence-corrected chi connectivity index (χ0v) is 15.9. The Morgan fingerprint density at radius 3 is 2.50 bits per heavy atom. The molecule has 26 heavy (non-hydrogen) atoms. The summed E-state index contributed by atoms with van der Waals surface area (Å²) in [5.74, 6) is 0.836. The molecule has 1 amide bonds. The minimum Gasteiger partial charge on any atom is -0.493 e. The van der Waals surface area contributed by atoms with Gasteiger partial charge in [0, 0.05) is 11.0 Å². The molecule has 0 bridgehead atoms. The van der Waals surface area contributed by atoms with Gasteiger partial charge in [-0.05, 0) is 43.4 Å². The van der Waals surface area contributed by atoms with Crippen LogP contribution in [0.5, 0.6) is 5.75 Å². The predicted octanol–water partition coefficient (Wildman–Crippen LogP) is 4.60. The molecule has 1 aliphatic heterocycles. The van der Waals surface area contributed by atoms with Crippen molar-refractivity contribution in [2.24, 2.45) is 0 Å². The maximum absolute atomic E-state index is 12.2. The van der Waals surface area contributed by atoms with Gasteiger partial charge in [-0.3, -0.25) is 10.2 Å². The molecule has 4 nitrogen and oxygen atoms in total. The molecule has 1 fully saturated rings. The number of amides is 1. The highest BCUT2D eigenvalue weighted by Crippen LogP contribution is 2.32. The molecule has 2 N–H and O–H groups in total. The summed E-state index contributed by atoms with van der Waals surface area (Å²) in [7, 11) is 0. The first-order chi connectivity index (χ1) is 12.5. The zero-order valence-electron chi connectivity index (χ0n) is 15.9. The quantitative estimate of drug-likeness (QED) is 0.566. The first kappa shape index (κ1) is 18.5. The van der Waals surface area contributed by atoms with Crippen molar-refractivity contribution in [1.82, 2.24) is 10.9 Å². The molecule has 1 aliphatic rings. The fourth-order valence-corrected chi connectivity index (χ4v) is 3.29. The van der Waals surface area contributed by atoms with Crippen LogP contribution >= 0.6 is 0 Å². The summed E-state index contributed by atoms with van der Waals surface area (Å²) in [6.45, 7) is 6.94. The fourth-order valence-electron chi connectivity index (χ4n) is 3.29. The third-order valence-electron chi connectivity index (χ3n) is 4.88. The molecule has 0 saturated carbocycles. The summed E-state index contributed by atoms with van der Waals surface area (Å²) >= 11 is 0. The molecule has 2 aromatic rings. The number of carbonyl (C=O) groups is 1. The predicted molar refractivity (Wildman–Crippen MR) is 107 cm³/mol. The molecule has 2 aromatic carbocycles. The summed E-state index contributed by atoms with van der Waals surface area (Å²) in [6, 6.07) is 12.3. The number of nitrogens with one attached hydrogen (secondary N) is 2. The Bertz CT molecular complexity index is 824. The summed E-state index contributed by atoms with van der Waals surface area (Å²) in [6.07, 6.45) is 6.74. The molecule has 0 aromatic heterocycles. The molecule has 138 valence electrons. The normalized spacial score (nSPS) is 17.7. The smallest absolute Gasteiger partial charge is 0.263 e. The summed E-state index contributed by atoms with van der Waals surface area (Å²) < 4.78 is 6.04. The van der Waals surface area contributed by atoms with E-state index in [1.807, 2.05) is 44.2 Å². The van der Waals surface area contributed by atoms with E-state index in [9.17, 15) is 4.79 Å². The van der Waals surface area contributed by atoms with Crippen molar-refractivity contribution in [2.45, 2.75) is 52.0 Å². The van der Waals surface area contributed by atoms with Crippen LogP contribution in [0.1, 0.15) is 52.0 Å². The third-order valence-corrected chi connectivity index (χ3v) is 4.88. The van der Waals surface area contributed by atoms with Gasteiger partial charge in [0.1, 0.15) is 5.75 Å². The van der Waals surface area contributed by atoms with E-state index in [4.69, 9.17) is 4.74 Å². The van der Waals surface area contributed by atoms with E-state index in [0.717, 1.165) is 40.7 Å². The first-order valence-electron chi connectivity index (χ1n) is 9.47. The van der Waals surface area contributed by atoms with Gasteiger partial charge in [-0.1, -0.05) is 56.5 Å². The highest BCUT2D eigenvalue weighted by Gasteiger charge is 2.35. The van der Waals surface area contributed by atoms with Crippen molar-refractivity contribution in [3.8, 4) is 5.75 Å². The summed E-state index contributed by atoms with van der Waals surface area (Å²) in [5.41, 5.74) is 7.09. The van der Waals surface area contributed by atoms with Crippen LogP contribution in [-0.4, -0.2) is 18.1 Å². The van der Waals surface area contributed by atoms with E-state index in [-0.39, 0.29) is 5.91 Å². The molecule has 0 aliphatic carbocycles. The van der Waals surface area contributed by atoms with Crippen LogP contribution in [0, 0.1) is 0 Å². The Morgan fingerprint density at radius 1 is 1.04 bits per heavy atom. The van der Waals surface area contributed by atoms with Crippen LogP contribution < -0.4 is 15.6 Å². The molecule has 4 heteroatoms. The number of ether oxygens (including phenoxy) is 1. The molecule has 0 spiro atoms. The maximum atomic E-state index is 12.2. The second-order valence-corrected chi connectivity index (χ2v) is 7.37. The first-order valence-corrected chi connectivity index (χ1v) is 9.47. The molecule has 0 radical (unpaired) electrons. The summed E-state index contributed by atoms with van der Waals surface area (Å²) in [5, 5.41) is 2.18. The lowest BCUT2D eigenvalue weighted by atomic mass is 9.92. The number of hydrogen-bond acceptors (Lipinski definition) is 3. The lowest BCUT2D eigenvalue weighted by molar-refractivity contribution is -0.116. The Balaban J connectivity index is 1.90. The molecule has 0 atom stereocenters. The van der Waals surface area contributed by atoms with E-state index < -0.39 is 5.54 Å². The van der Waals surface area contributed by atoms with Gasteiger partial charge in [-0.2, -0.15) is 0 Å². The lowest BCUT2D eigenvalue weighted by Gasteiger charge is -2.17. The summed E-state index contributed by atoms with van der Waals surface area (Å²) in [4.78, 5) is 12.2. The van der Waals surface area contributed by atoms with Gasteiger partial charge in [0.25, 0.3) is 5.91 Å². The number of hydrogen-bond donors (Lipinski definition) is 2. The number of fused-ring (bicyclic) bond motifs is 1. The van der Waals surface area contributed by atoms with E-state index in [2.05, 4.69) is 29.9 Å². The molecule has 1 saturated heterocycles. The van der Waals surface area contributed by atoms with Crippen molar-refractivity contribution >= 4 is 22.8 Å². The van der Waals surface area contributed by atoms with Gasteiger partial charge in [-0.15, -0.1) is 0 Å². The van der Waals surface area contributed by atoms with Crippen LogP contribution in [0.3, 0.4) is 0 Å². The van der Waals surface area contributed by atoms with Gasteiger partial charge in [0.15, 0.2) is 0 Å². The number of carbonyl (C=O) groups excluding carboxylic acids is 1. The number of unbranched alkanes of at least 4 members (excludes halogenated alkanes) is 3. The van der Waals surface area contributed by atoms with Crippen molar-refractivity contribution in [3.05, 3.63) is 47.5 Å². The zero-order chi connectivity index (χ0) is 18.6. The molecule has 0 unspecified atom stereocenters. The standard InChI is InChI=1S/C22H28N2O2/c1-4-5-6-9-14-26-20-13-12-16(17-10-7-8-11-18(17)20)15-19-21(25)23-24-22(19,2)3/h7-8,10-13,15,24H,4-6,9,14H2,1-3H3,(H,23,25)/b19-15+. The maximum Gasteiger partial charge on any atom is 0.263 e. The SMILES string of the molecule is CCCCCCOc1ccc(/C=C2\C(=O)NNC2(C)C)c2ccccc12. The van der Waals surface area contributed by atoms with Crippen molar-refractivity contribution in [1.29, 1.82) is 0 Å². The minimum absolute atomic E-state index is 0.0738. The van der Waals surface area contributed by atoms with Crippen molar-refractivity contribution in [3.63, 3.8) is 0 Å². The van der Waals surface area contributed by atoms with E-state index >= 15 is 0 Å². The second kappa shape index (κ2) is 7.92. The Morgan fingerprint density at radius 2 is 1.81 bits per heavy atom. The molecular formula is C22H28N2O2. The van der Waals surface area contributed by atoms with Crippen LogP contribution in [0.15, 0.2) is 42.0 Å². The average Bonchev–Trinajstić information content (AvgIpc) is 2.89. The molecular weight excluding hydrogens is 324 g/mol. The second-order valence-electron chi connectivity index (χ2n) is 7.37. The van der Waals surface area contributed by atoms with Crippen molar-refractivity contribution in [2.75, 3.05) is 6.61 Å². The Hall–Kier alpha value is -2.33. The monoisotopic (exact) mass is 352 g/mol.